The lowest BCUT2D eigenvalue weighted by molar-refractivity contribution is -0.0265. The van der Waals surface area contributed by atoms with Gasteiger partial charge in [0.15, 0.2) is 0 Å². The molecule has 9 nitrogen and oxygen atoms in total. The Bertz CT molecular complexity index is 1370. The zero-order chi connectivity index (χ0) is 27.6. The minimum Gasteiger partial charge on any atom is -0.372 e. The number of hydrogen-bond donors (Lipinski definition) is 1. The third kappa shape index (κ3) is 5.77. The summed E-state index contributed by atoms with van der Waals surface area (Å²) in [6, 6.07) is 2.05. The van der Waals surface area contributed by atoms with Crippen LogP contribution in [0.2, 0.25) is 0 Å². The Morgan fingerprint density at radius 1 is 1.26 bits per heavy atom. The topological polar surface area (TPSA) is 102 Å². The van der Waals surface area contributed by atoms with Crippen LogP contribution in [0.15, 0.2) is 33.6 Å². The van der Waals surface area contributed by atoms with Crippen molar-refractivity contribution < 1.29 is 9.26 Å². The summed E-state index contributed by atoms with van der Waals surface area (Å²) < 4.78 is 13.3. The SMILES string of the molecule is C=C(C)/C=C(\C)c1nc(-c2noc(=O)[nH]2)cc2nc(N3CC(C)OC(C)C3C)n(CC(CC)CCCC)c12. The van der Waals surface area contributed by atoms with Gasteiger partial charge in [0.25, 0.3) is 0 Å². The fourth-order valence-electron chi connectivity index (χ4n) is 5.37. The summed E-state index contributed by atoms with van der Waals surface area (Å²) in [6.45, 7) is 20.7. The van der Waals surface area contributed by atoms with Gasteiger partial charge in [-0.3, -0.25) is 9.51 Å². The van der Waals surface area contributed by atoms with Gasteiger partial charge in [0.2, 0.25) is 11.8 Å². The number of morpholine rings is 1. The minimum absolute atomic E-state index is 0.0764. The van der Waals surface area contributed by atoms with Crippen molar-refractivity contribution in [2.45, 2.75) is 98.9 Å². The number of aromatic nitrogens is 5. The van der Waals surface area contributed by atoms with E-state index in [1.54, 1.807) is 0 Å². The molecule has 1 aliphatic rings. The first-order chi connectivity index (χ1) is 18.1. The monoisotopic (exact) mass is 522 g/mol. The first kappa shape index (κ1) is 27.8. The van der Waals surface area contributed by atoms with Crippen LogP contribution in [0.3, 0.4) is 0 Å². The molecule has 0 aliphatic carbocycles. The summed E-state index contributed by atoms with van der Waals surface area (Å²) in [7, 11) is 0. The highest BCUT2D eigenvalue weighted by atomic mass is 16.5. The number of rotatable bonds is 10. The van der Waals surface area contributed by atoms with Crippen molar-refractivity contribution in [1.29, 1.82) is 0 Å². The molecule has 0 radical (unpaired) electrons. The molecule has 1 fully saturated rings. The van der Waals surface area contributed by atoms with Crippen molar-refractivity contribution >= 4 is 22.6 Å². The average molecular weight is 523 g/mol. The first-order valence-corrected chi connectivity index (χ1v) is 13.9. The number of fused-ring (bicyclic) bond motifs is 1. The van der Waals surface area contributed by atoms with E-state index in [0.717, 1.165) is 53.3 Å². The van der Waals surface area contributed by atoms with Crippen molar-refractivity contribution in [3.8, 4) is 11.5 Å². The number of nitrogens with zero attached hydrogens (tertiary/aromatic N) is 5. The van der Waals surface area contributed by atoms with E-state index in [4.69, 9.17) is 19.2 Å². The Labute approximate surface area is 225 Å². The number of ether oxygens (including phenoxy) is 1. The van der Waals surface area contributed by atoms with Crippen LogP contribution in [-0.2, 0) is 11.3 Å². The number of hydrogen-bond acceptors (Lipinski definition) is 7. The summed E-state index contributed by atoms with van der Waals surface area (Å²) in [5.74, 6) is 1.12. The molecule has 0 amide bonds. The molecule has 206 valence electrons. The summed E-state index contributed by atoms with van der Waals surface area (Å²) in [5, 5.41) is 3.90. The Balaban J connectivity index is 1.99. The normalized spacial score (nSPS) is 21.3. The Morgan fingerprint density at radius 3 is 2.66 bits per heavy atom. The second-order valence-electron chi connectivity index (χ2n) is 10.8. The third-order valence-corrected chi connectivity index (χ3v) is 7.54. The molecule has 0 spiro atoms. The molecule has 4 rings (SSSR count). The number of unbranched alkanes of at least 4 members (excludes halogenated alkanes) is 1. The van der Waals surface area contributed by atoms with Gasteiger partial charge in [0.1, 0.15) is 5.69 Å². The molecule has 3 aromatic rings. The number of nitrogens with one attached hydrogen (secondary N) is 1. The van der Waals surface area contributed by atoms with Gasteiger partial charge in [0, 0.05) is 13.1 Å². The maximum Gasteiger partial charge on any atom is 0.439 e. The number of pyridine rings is 1. The van der Waals surface area contributed by atoms with E-state index in [-0.39, 0.29) is 24.1 Å². The standard InChI is InChI=1S/C29H42N6O3/c1-9-11-12-22(10-2)16-35-26-23(31-28(35)34-15-19(6)37-21(8)20(34)7)14-24(27-32-29(36)38-33-27)30-25(26)18(5)13-17(3)4/h13-14,19-22H,3,9-12,15-16H2,1-2,4-8H3,(H,32,33,36)/b18-13+. The van der Waals surface area contributed by atoms with Gasteiger partial charge in [-0.15, -0.1) is 0 Å². The summed E-state index contributed by atoms with van der Waals surface area (Å²) in [5.41, 5.74) is 5.01. The Hall–Kier alpha value is -3.20. The van der Waals surface area contributed by atoms with Crippen LogP contribution in [-0.4, -0.2) is 49.5 Å². The maximum atomic E-state index is 11.7. The van der Waals surface area contributed by atoms with Crippen molar-refractivity contribution in [2.75, 3.05) is 11.4 Å². The zero-order valence-electron chi connectivity index (χ0n) is 23.9. The molecule has 9 heteroatoms. The van der Waals surface area contributed by atoms with Gasteiger partial charge in [0.05, 0.1) is 35.0 Å². The summed E-state index contributed by atoms with van der Waals surface area (Å²) in [4.78, 5) is 27.0. The van der Waals surface area contributed by atoms with Crippen LogP contribution in [0, 0.1) is 5.92 Å². The Morgan fingerprint density at radius 2 is 2.03 bits per heavy atom. The molecule has 3 aromatic heterocycles. The smallest absolute Gasteiger partial charge is 0.372 e. The second-order valence-corrected chi connectivity index (χ2v) is 10.8. The number of H-pyrrole nitrogens is 1. The minimum atomic E-state index is -0.615. The van der Waals surface area contributed by atoms with Crippen molar-refractivity contribution in [1.82, 2.24) is 24.7 Å². The average Bonchev–Trinajstić information content (AvgIpc) is 3.46. The van der Waals surface area contributed by atoms with Gasteiger partial charge in [-0.2, -0.15) is 0 Å². The predicted octanol–water partition coefficient (Wildman–Crippen LogP) is 5.97. The lowest BCUT2D eigenvalue weighted by Crippen LogP contribution is -2.52. The molecular formula is C29H42N6O3. The van der Waals surface area contributed by atoms with Crippen LogP contribution >= 0.6 is 0 Å². The fraction of sp³-hybridized carbons (Fsp3) is 0.586. The van der Waals surface area contributed by atoms with Crippen molar-refractivity contribution in [3.05, 3.63) is 40.5 Å². The first-order valence-electron chi connectivity index (χ1n) is 13.9. The molecule has 38 heavy (non-hydrogen) atoms. The van der Waals surface area contributed by atoms with Crippen LogP contribution < -0.4 is 10.7 Å². The van der Waals surface area contributed by atoms with Gasteiger partial charge >= 0.3 is 5.76 Å². The van der Waals surface area contributed by atoms with Crippen LogP contribution in [0.4, 0.5) is 5.95 Å². The number of aromatic amines is 1. The number of anilines is 1. The van der Waals surface area contributed by atoms with E-state index in [1.165, 1.54) is 19.3 Å². The van der Waals surface area contributed by atoms with E-state index in [1.807, 2.05) is 26.0 Å². The lowest BCUT2D eigenvalue weighted by atomic mass is 9.99. The molecule has 1 aliphatic heterocycles. The molecule has 1 N–H and O–H groups in total. The lowest BCUT2D eigenvalue weighted by Gasteiger charge is -2.42. The van der Waals surface area contributed by atoms with E-state index < -0.39 is 5.76 Å². The molecule has 0 aromatic carbocycles. The predicted molar refractivity (Wildman–Crippen MR) is 152 cm³/mol. The van der Waals surface area contributed by atoms with Crippen LogP contribution in [0.1, 0.15) is 79.8 Å². The van der Waals surface area contributed by atoms with Gasteiger partial charge in [-0.1, -0.05) is 56.5 Å². The van der Waals surface area contributed by atoms with Gasteiger partial charge < -0.3 is 14.2 Å². The van der Waals surface area contributed by atoms with Crippen molar-refractivity contribution in [2.24, 2.45) is 5.92 Å². The van der Waals surface area contributed by atoms with E-state index in [0.29, 0.717) is 11.6 Å². The Kier molecular flexibility index (Phi) is 8.55. The molecule has 0 saturated carbocycles. The van der Waals surface area contributed by atoms with E-state index in [2.05, 4.69) is 60.8 Å². The molecule has 1 saturated heterocycles. The summed E-state index contributed by atoms with van der Waals surface area (Å²) >= 11 is 0. The highest BCUT2D eigenvalue weighted by molar-refractivity contribution is 5.91. The van der Waals surface area contributed by atoms with Gasteiger partial charge in [-0.05, 0) is 58.6 Å². The van der Waals surface area contributed by atoms with E-state index in [9.17, 15) is 4.79 Å². The molecule has 4 atom stereocenters. The zero-order valence-corrected chi connectivity index (χ0v) is 23.9. The molecule has 4 unspecified atom stereocenters. The van der Waals surface area contributed by atoms with Crippen molar-refractivity contribution in [3.63, 3.8) is 0 Å². The van der Waals surface area contributed by atoms with E-state index >= 15 is 0 Å². The summed E-state index contributed by atoms with van der Waals surface area (Å²) in [6.07, 6.45) is 6.83. The highest BCUT2D eigenvalue weighted by Gasteiger charge is 2.34. The highest BCUT2D eigenvalue weighted by Crippen LogP contribution is 2.35. The van der Waals surface area contributed by atoms with Crippen LogP contribution in [0.25, 0.3) is 28.1 Å². The number of imidazole rings is 1. The number of allylic oxidation sites excluding steroid dienone is 3. The quantitative estimate of drug-likeness (QED) is 0.327. The van der Waals surface area contributed by atoms with Gasteiger partial charge in [-0.25, -0.2) is 14.8 Å². The fourth-order valence-corrected chi connectivity index (χ4v) is 5.37. The molecule has 4 heterocycles. The third-order valence-electron chi connectivity index (χ3n) is 7.54. The molecular weight excluding hydrogens is 480 g/mol. The largest absolute Gasteiger partial charge is 0.439 e. The molecule has 0 bridgehead atoms. The second kappa shape index (κ2) is 11.7. The van der Waals surface area contributed by atoms with Crippen LogP contribution in [0.5, 0.6) is 0 Å². The maximum absolute atomic E-state index is 11.7.